The monoisotopic (exact) mass is 274 g/mol. The molecule has 3 nitrogen and oxygen atoms in total. The van der Waals surface area contributed by atoms with Crippen molar-refractivity contribution in [2.75, 3.05) is 14.2 Å². The van der Waals surface area contributed by atoms with E-state index in [4.69, 9.17) is 25.0 Å². The lowest BCUT2D eigenvalue weighted by atomic mass is 10.3. The van der Waals surface area contributed by atoms with E-state index in [0.717, 1.165) is 12.1 Å². The van der Waals surface area contributed by atoms with Gasteiger partial charge >= 0.3 is 7.63 Å². The molecular weight excluding hydrogens is 256 g/mol. The van der Waals surface area contributed by atoms with Gasteiger partial charge in [0, 0.05) is 0 Å². The summed E-state index contributed by atoms with van der Waals surface area (Å²) in [5.74, 6) is 1.93. The highest BCUT2D eigenvalue weighted by Crippen LogP contribution is 2.40. The lowest BCUT2D eigenvalue weighted by Gasteiger charge is -2.25. The topological polar surface area (TPSA) is 27.7 Å². The van der Waals surface area contributed by atoms with Crippen LogP contribution in [0.5, 0.6) is 17.2 Å². The van der Waals surface area contributed by atoms with Crippen LogP contribution in [0.3, 0.4) is 0 Å². The van der Waals surface area contributed by atoms with Crippen LogP contribution >= 0.6 is 11.1 Å². The maximum Gasteiger partial charge on any atom is 0.347 e. The number of hydrogen-bond donors (Lipinski definition) is 0. The third-order valence-electron chi connectivity index (χ3n) is 2.72. The molecule has 0 heterocycles. The van der Waals surface area contributed by atoms with E-state index in [1.54, 1.807) is 14.2 Å². The van der Waals surface area contributed by atoms with Crippen LogP contribution in [-0.2, 0) is 0 Å². The number of rotatable bonds is 6. The van der Waals surface area contributed by atoms with Crippen molar-refractivity contribution in [3.8, 4) is 17.2 Å². The molecular formula is C12H19ClO3Si. The Morgan fingerprint density at radius 1 is 1.06 bits per heavy atom. The quantitative estimate of drug-likeness (QED) is 0.583. The highest BCUT2D eigenvalue weighted by Gasteiger charge is 2.32. The van der Waals surface area contributed by atoms with Gasteiger partial charge in [-0.1, -0.05) is 19.9 Å². The molecule has 0 bridgehead atoms. The summed E-state index contributed by atoms with van der Waals surface area (Å²) < 4.78 is 16.6. The molecule has 0 radical (unpaired) electrons. The Morgan fingerprint density at radius 2 is 1.53 bits per heavy atom. The normalized spacial score (nSPS) is 11.1. The Labute approximate surface area is 108 Å². The number of halogens is 1. The average Bonchev–Trinajstić information content (AvgIpc) is 2.38. The second-order valence-electron chi connectivity index (χ2n) is 3.68. The van der Waals surface area contributed by atoms with Gasteiger partial charge in [-0.2, -0.15) is 0 Å². The Hall–Kier alpha value is -0.873. The molecule has 1 aromatic carbocycles. The number of para-hydroxylation sites is 1. The summed E-state index contributed by atoms with van der Waals surface area (Å²) in [7, 11) is 0.995. The molecule has 0 aliphatic heterocycles. The lowest BCUT2D eigenvalue weighted by Crippen LogP contribution is -2.33. The Kier molecular flexibility index (Phi) is 5.15. The van der Waals surface area contributed by atoms with Gasteiger partial charge in [0.15, 0.2) is 17.2 Å². The molecule has 0 aromatic heterocycles. The van der Waals surface area contributed by atoms with Gasteiger partial charge in [-0.05, 0) is 24.2 Å². The Morgan fingerprint density at radius 3 is 1.88 bits per heavy atom. The minimum absolute atomic E-state index is 0.614. The van der Waals surface area contributed by atoms with Crippen molar-refractivity contribution in [2.24, 2.45) is 0 Å². The third kappa shape index (κ3) is 3.29. The number of ether oxygens (including phenoxy) is 2. The zero-order valence-corrected chi connectivity index (χ0v) is 12.5. The van der Waals surface area contributed by atoms with E-state index in [-0.39, 0.29) is 0 Å². The van der Waals surface area contributed by atoms with Crippen molar-refractivity contribution in [1.82, 2.24) is 0 Å². The van der Waals surface area contributed by atoms with Crippen LogP contribution in [0.2, 0.25) is 12.1 Å². The number of hydrogen-bond acceptors (Lipinski definition) is 3. The first kappa shape index (κ1) is 14.2. The van der Waals surface area contributed by atoms with Gasteiger partial charge < -0.3 is 13.9 Å². The molecule has 0 atom stereocenters. The predicted octanol–water partition coefficient (Wildman–Crippen LogP) is 3.80. The molecule has 0 amide bonds. The Bertz CT molecular complexity index is 345. The maximum atomic E-state index is 6.51. The van der Waals surface area contributed by atoms with Gasteiger partial charge in [-0.3, -0.25) is 0 Å². The highest BCUT2D eigenvalue weighted by molar-refractivity contribution is 7.17. The summed E-state index contributed by atoms with van der Waals surface area (Å²) in [6.07, 6.45) is 0. The van der Waals surface area contributed by atoms with Crippen molar-refractivity contribution < 1.29 is 13.9 Å². The first-order chi connectivity index (χ1) is 8.10. The lowest BCUT2D eigenvalue weighted by molar-refractivity contribution is 0.361. The van der Waals surface area contributed by atoms with Crippen LogP contribution in [0.4, 0.5) is 0 Å². The van der Waals surface area contributed by atoms with Crippen molar-refractivity contribution >= 4 is 18.7 Å². The molecule has 17 heavy (non-hydrogen) atoms. The molecule has 0 N–H and O–H groups in total. The molecule has 0 aliphatic rings. The fourth-order valence-corrected chi connectivity index (χ4v) is 3.08. The van der Waals surface area contributed by atoms with E-state index in [2.05, 4.69) is 0 Å². The van der Waals surface area contributed by atoms with E-state index in [1.165, 1.54) is 0 Å². The maximum absolute atomic E-state index is 6.51. The van der Waals surface area contributed by atoms with Gasteiger partial charge in [-0.25, -0.2) is 0 Å². The molecule has 0 saturated heterocycles. The fourth-order valence-electron chi connectivity index (χ4n) is 1.50. The van der Waals surface area contributed by atoms with E-state index in [9.17, 15) is 0 Å². The van der Waals surface area contributed by atoms with E-state index in [0.29, 0.717) is 17.2 Å². The van der Waals surface area contributed by atoms with Crippen molar-refractivity contribution in [2.45, 2.75) is 25.9 Å². The Balaban J connectivity index is 3.10. The zero-order valence-electron chi connectivity index (χ0n) is 10.7. The second kappa shape index (κ2) is 6.17. The summed E-state index contributed by atoms with van der Waals surface area (Å²) in [4.78, 5) is 0. The first-order valence-electron chi connectivity index (χ1n) is 5.69. The van der Waals surface area contributed by atoms with Crippen LogP contribution in [0.15, 0.2) is 18.2 Å². The SMILES string of the molecule is CC[Si](Cl)(CC)Oc1c(OC)cccc1OC. The molecule has 96 valence electrons. The van der Waals surface area contributed by atoms with Crippen molar-refractivity contribution in [3.05, 3.63) is 18.2 Å². The largest absolute Gasteiger partial charge is 0.524 e. The molecule has 0 fully saturated rings. The summed E-state index contributed by atoms with van der Waals surface area (Å²) in [5, 5.41) is 0. The van der Waals surface area contributed by atoms with Crippen LogP contribution in [0.1, 0.15) is 13.8 Å². The van der Waals surface area contributed by atoms with Gasteiger partial charge in [0.1, 0.15) is 0 Å². The molecule has 0 unspecified atom stereocenters. The molecule has 0 saturated carbocycles. The van der Waals surface area contributed by atoms with Crippen molar-refractivity contribution in [1.29, 1.82) is 0 Å². The van der Waals surface area contributed by atoms with E-state index < -0.39 is 7.63 Å². The number of benzene rings is 1. The minimum Gasteiger partial charge on any atom is -0.524 e. The van der Waals surface area contributed by atoms with Crippen LogP contribution in [-0.4, -0.2) is 21.8 Å². The summed E-state index contributed by atoms with van der Waals surface area (Å²) in [5.41, 5.74) is 0. The molecule has 0 spiro atoms. The standard InChI is InChI=1S/C12H19ClO3Si/c1-5-17(13,6-2)16-12-10(14-3)8-7-9-11(12)15-4/h7-9H,5-6H2,1-4H3. The predicted molar refractivity (Wildman–Crippen MR) is 72.7 cm³/mol. The summed E-state index contributed by atoms with van der Waals surface area (Å²) in [6.45, 7) is 4.09. The third-order valence-corrected chi connectivity index (χ3v) is 7.24. The molecule has 1 aromatic rings. The summed E-state index contributed by atoms with van der Waals surface area (Å²) >= 11 is 6.51. The van der Waals surface area contributed by atoms with E-state index in [1.807, 2.05) is 32.0 Å². The zero-order chi connectivity index (χ0) is 12.9. The van der Waals surface area contributed by atoms with Crippen LogP contribution in [0, 0.1) is 0 Å². The van der Waals surface area contributed by atoms with Crippen LogP contribution in [0.25, 0.3) is 0 Å². The minimum atomic E-state index is -2.22. The van der Waals surface area contributed by atoms with E-state index >= 15 is 0 Å². The van der Waals surface area contributed by atoms with Gasteiger partial charge in [0.2, 0.25) is 0 Å². The average molecular weight is 275 g/mol. The second-order valence-corrected chi connectivity index (χ2v) is 9.13. The van der Waals surface area contributed by atoms with Crippen molar-refractivity contribution in [3.63, 3.8) is 0 Å². The van der Waals surface area contributed by atoms with Gasteiger partial charge in [0.25, 0.3) is 0 Å². The van der Waals surface area contributed by atoms with Gasteiger partial charge in [-0.15, -0.1) is 11.1 Å². The summed E-state index contributed by atoms with van der Waals surface area (Å²) in [6, 6.07) is 7.22. The first-order valence-corrected chi connectivity index (χ1v) is 9.02. The molecule has 1 rings (SSSR count). The fraction of sp³-hybridized carbons (Fsp3) is 0.500. The smallest absolute Gasteiger partial charge is 0.347 e. The van der Waals surface area contributed by atoms with Crippen LogP contribution < -0.4 is 13.9 Å². The molecule has 5 heteroatoms. The van der Waals surface area contributed by atoms with Gasteiger partial charge in [0.05, 0.1) is 14.2 Å². The molecule has 0 aliphatic carbocycles. The highest BCUT2D eigenvalue weighted by atomic mass is 35.6. The number of methoxy groups -OCH3 is 2.